The zero-order valence-corrected chi connectivity index (χ0v) is 18.6. The fourth-order valence-electron chi connectivity index (χ4n) is 3.88. The lowest BCUT2D eigenvalue weighted by Gasteiger charge is -2.28. The molecule has 0 bridgehead atoms. The molecule has 0 saturated carbocycles. The molecule has 8 heteroatoms. The number of carbonyl (C=O) groups excluding carboxylic acids is 3. The van der Waals surface area contributed by atoms with E-state index in [1.54, 1.807) is 24.3 Å². The van der Waals surface area contributed by atoms with Crippen LogP contribution < -0.4 is 15.0 Å². The summed E-state index contributed by atoms with van der Waals surface area (Å²) in [5.41, 5.74) is 1.80. The molecule has 0 radical (unpaired) electrons. The van der Waals surface area contributed by atoms with Crippen molar-refractivity contribution >= 4 is 29.2 Å². The summed E-state index contributed by atoms with van der Waals surface area (Å²) < 4.78 is 18.4. The third kappa shape index (κ3) is 5.06. The molecule has 3 aromatic carbocycles. The van der Waals surface area contributed by atoms with Gasteiger partial charge in [-0.25, -0.2) is 14.1 Å². The summed E-state index contributed by atoms with van der Waals surface area (Å²) in [6.45, 7) is 0.219. The van der Waals surface area contributed by atoms with Gasteiger partial charge in [-0.1, -0.05) is 30.3 Å². The third-order valence-electron chi connectivity index (χ3n) is 5.67. The molecule has 34 heavy (non-hydrogen) atoms. The average Bonchev–Trinajstić information content (AvgIpc) is 3.15. The van der Waals surface area contributed by atoms with E-state index in [2.05, 4.69) is 5.32 Å². The molecule has 7 nitrogen and oxygen atoms in total. The molecule has 0 aliphatic carbocycles. The number of hydrogen-bond donors (Lipinski definition) is 1. The normalized spacial score (nSPS) is 15.4. The predicted octanol–water partition coefficient (Wildman–Crippen LogP) is 4.24. The number of ether oxygens (including phenoxy) is 1. The van der Waals surface area contributed by atoms with Gasteiger partial charge in [0.2, 0.25) is 5.91 Å². The van der Waals surface area contributed by atoms with E-state index in [1.165, 1.54) is 36.3 Å². The zero-order chi connectivity index (χ0) is 24.1. The molecule has 1 unspecified atom stereocenters. The lowest BCUT2D eigenvalue weighted by atomic mass is 10.1. The number of methoxy groups -OCH3 is 1. The maximum Gasteiger partial charge on any atom is 0.322 e. The highest BCUT2D eigenvalue weighted by Crippen LogP contribution is 2.28. The second-order valence-electron chi connectivity index (χ2n) is 7.85. The van der Waals surface area contributed by atoms with Gasteiger partial charge in [-0.3, -0.25) is 9.59 Å². The van der Waals surface area contributed by atoms with E-state index in [-0.39, 0.29) is 18.9 Å². The molecule has 3 aromatic rings. The van der Waals surface area contributed by atoms with Crippen molar-refractivity contribution in [3.63, 3.8) is 0 Å². The van der Waals surface area contributed by atoms with Crippen molar-refractivity contribution in [3.05, 3.63) is 90.2 Å². The van der Waals surface area contributed by atoms with E-state index in [0.717, 1.165) is 10.5 Å². The zero-order valence-electron chi connectivity index (χ0n) is 18.6. The Labute approximate surface area is 196 Å². The summed E-state index contributed by atoms with van der Waals surface area (Å²) >= 11 is 0. The van der Waals surface area contributed by atoms with Gasteiger partial charge in [0.05, 0.1) is 19.2 Å². The Morgan fingerprint density at radius 3 is 2.35 bits per heavy atom. The van der Waals surface area contributed by atoms with Gasteiger partial charge < -0.3 is 15.0 Å². The van der Waals surface area contributed by atoms with Crippen molar-refractivity contribution < 1.29 is 23.5 Å². The fourth-order valence-corrected chi connectivity index (χ4v) is 3.88. The van der Waals surface area contributed by atoms with E-state index < -0.39 is 23.8 Å². The first kappa shape index (κ1) is 23.0. The molecule has 1 atom stereocenters. The van der Waals surface area contributed by atoms with Crippen LogP contribution in [0.5, 0.6) is 5.75 Å². The number of nitrogens with zero attached hydrogens (tertiary/aromatic N) is 2. The average molecular weight is 461 g/mol. The number of carbonyl (C=O) groups is 3. The highest BCUT2D eigenvalue weighted by atomic mass is 19.1. The van der Waals surface area contributed by atoms with Crippen LogP contribution in [0.1, 0.15) is 12.0 Å². The molecule has 1 saturated heterocycles. The van der Waals surface area contributed by atoms with Crippen LogP contribution in [-0.4, -0.2) is 42.4 Å². The fraction of sp³-hybridized carbons (Fsp3) is 0.192. The van der Waals surface area contributed by atoms with Crippen molar-refractivity contribution in [1.82, 2.24) is 4.90 Å². The number of rotatable bonds is 7. The number of nitrogens with one attached hydrogen (secondary N) is 1. The van der Waals surface area contributed by atoms with Crippen LogP contribution in [-0.2, 0) is 16.0 Å². The maximum absolute atomic E-state index is 13.3. The number of amides is 4. The van der Waals surface area contributed by atoms with Gasteiger partial charge in [-0.15, -0.1) is 0 Å². The Morgan fingerprint density at radius 2 is 1.71 bits per heavy atom. The Bertz CT molecular complexity index is 1170. The van der Waals surface area contributed by atoms with Gasteiger partial charge in [0, 0.05) is 12.2 Å². The van der Waals surface area contributed by atoms with Crippen molar-refractivity contribution in [2.24, 2.45) is 0 Å². The molecule has 1 aliphatic rings. The molecule has 0 aromatic heterocycles. The summed E-state index contributed by atoms with van der Waals surface area (Å²) in [4.78, 5) is 41.8. The topological polar surface area (TPSA) is 79.0 Å². The molecule has 1 fully saturated rings. The number of hydrogen-bond acceptors (Lipinski definition) is 4. The monoisotopic (exact) mass is 461 g/mol. The van der Waals surface area contributed by atoms with Crippen LogP contribution in [0.2, 0.25) is 0 Å². The van der Waals surface area contributed by atoms with Gasteiger partial charge >= 0.3 is 6.03 Å². The molecule has 174 valence electrons. The Kier molecular flexibility index (Phi) is 6.87. The second kappa shape index (κ2) is 10.2. The molecule has 1 aliphatic heterocycles. The molecular weight excluding hydrogens is 437 g/mol. The van der Waals surface area contributed by atoms with Crippen molar-refractivity contribution in [1.29, 1.82) is 0 Å². The van der Waals surface area contributed by atoms with Crippen molar-refractivity contribution in [3.8, 4) is 5.75 Å². The van der Waals surface area contributed by atoms with Crippen LogP contribution in [0, 0.1) is 5.82 Å². The largest absolute Gasteiger partial charge is 0.497 e. The van der Waals surface area contributed by atoms with E-state index in [4.69, 9.17) is 4.74 Å². The first-order chi connectivity index (χ1) is 16.5. The minimum atomic E-state index is -0.959. The predicted molar refractivity (Wildman–Crippen MR) is 126 cm³/mol. The van der Waals surface area contributed by atoms with E-state index in [1.807, 2.05) is 30.3 Å². The number of anilines is 2. The van der Waals surface area contributed by atoms with Crippen LogP contribution in [0.15, 0.2) is 78.9 Å². The Morgan fingerprint density at radius 1 is 1.03 bits per heavy atom. The van der Waals surface area contributed by atoms with Crippen LogP contribution in [0.4, 0.5) is 20.6 Å². The molecule has 1 N–H and O–H groups in total. The van der Waals surface area contributed by atoms with E-state index >= 15 is 0 Å². The van der Waals surface area contributed by atoms with Gasteiger partial charge in [0.25, 0.3) is 5.91 Å². The van der Waals surface area contributed by atoms with Gasteiger partial charge in [0.15, 0.2) is 0 Å². The smallest absolute Gasteiger partial charge is 0.322 e. The molecule has 1 heterocycles. The number of imide groups is 1. The Hall–Kier alpha value is -4.20. The summed E-state index contributed by atoms with van der Waals surface area (Å²) in [5.74, 6) is -0.690. The standard InChI is InChI=1S/C26H24FN3O4/c1-34-22-13-11-21(12-14-22)30-24(31)17-23(25(30)32)29(16-15-18-5-3-2-4-6-18)26(33)28-20-9-7-19(27)8-10-20/h2-14,23H,15-17H2,1H3,(H,28,33). The van der Waals surface area contributed by atoms with E-state index in [9.17, 15) is 18.8 Å². The maximum atomic E-state index is 13.3. The second-order valence-corrected chi connectivity index (χ2v) is 7.85. The van der Waals surface area contributed by atoms with Crippen LogP contribution in [0.25, 0.3) is 0 Å². The van der Waals surface area contributed by atoms with Crippen molar-refractivity contribution in [2.45, 2.75) is 18.9 Å². The van der Waals surface area contributed by atoms with Gasteiger partial charge in [-0.2, -0.15) is 0 Å². The SMILES string of the molecule is COc1ccc(N2C(=O)CC(N(CCc3ccccc3)C(=O)Nc3ccc(F)cc3)C2=O)cc1. The summed E-state index contributed by atoms with van der Waals surface area (Å²) in [7, 11) is 1.53. The Balaban J connectivity index is 1.57. The van der Waals surface area contributed by atoms with Gasteiger partial charge in [0.1, 0.15) is 17.6 Å². The lowest BCUT2D eigenvalue weighted by Crippen LogP contribution is -2.48. The molecule has 4 rings (SSSR count). The quantitative estimate of drug-likeness (QED) is 0.534. The molecular formula is C26H24FN3O4. The first-order valence-corrected chi connectivity index (χ1v) is 10.8. The van der Waals surface area contributed by atoms with E-state index in [0.29, 0.717) is 23.5 Å². The lowest BCUT2D eigenvalue weighted by molar-refractivity contribution is -0.122. The number of halogens is 1. The van der Waals surface area contributed by atoms with Gasteiger partial charge in [-0.05, 0) is 60.5 Å². The summed E-state index contributed by atoms with van der Waals surface area (Å²) in [5, 5.41) is 2.71. The van der Waals surface area contributed by atoms with Crippen molar-refractivity contribution in [2.75, 3.05) is 23.9 Å². The van der Waals surface area contributed by atoms with Crippen LogP contribution >= 0.6 is 0 Å². The molecule has 0 spiro atoms. The van der Waals surface area contributed by atoms with Crippen LogP contribution in [0.3, 0.4) is 0 Å². The minimum absolute atomic E-state index is 0.128. The summed E-state index contributed by atoms with van der Waals surface area (Å²) in [6, 6.07) is 20.0. The first-order valence-electron chi connectivity index (χ1n) is 10.8. The minimum Gasteiger partial charge on any atom is -0.497 e. The summed E-state index contributed by atoms with van der Waals surface area (Å²) in [6.07, 6.45) is 0.370. The number of urea groups is 1. The third-order valence-corrected chi connectivity index (χ3v) is 5.67. The highest BCUT2D eigenvalue weighted by Gasteiger charge is 2.44. The highest BCUT2D eigenvalue weighted by molar-refractivity contribution is 6.23. The number of benzene rings is 3. The molecule has 4 amide bonds.